The van der Waals surface area contributed by atoms with Gasteiger partial charge in [-0.2, -0.15) is 4.98 Å². The Balaban J connectivity index is 0.000000755. The van der Waals surface area contributed by atoms with Gasteiger partial charge in [0.25, 0.3) is 0 Å². The van der Waals surface area contributed by atoms with E-state index in [4.69, 9.17) is 4.52 Å². The highest BCUT2D eigenvalue weighted by Gasteiger charge is 2.19. The van der Waals surface area contributed by atoms with Crippen LogP contribution in [0.3, 0.4) is 0 Å². The van der Waals surface area contributed by atoms with Crippen LogP contribution in [0.15, 0.2) is 51.5 Å². The van der Waals surface area contributed by atoms with Crippen LogP contribution in [0.5, 0.6) is 0 Å². The van der Waals surface area contributed by atoms with Crippen molar-refractivity contribution in [1.82, 2.24) is 10.1 Å². The predicted molar refractivity (Wildman–Crippen MR) is 126 cm³/mol. The van der Waals surface area contributed by atoms with Crippen LogP contribution in [0, 0.1) is 13.8 Å². The second kappa shape index (κ2) is 9.84. The molecule has 0 radical (unpaired) electrons. The lowest BCUT2D eigenvalue weighted by Gasteiger charge is -2.38. The molecule has 0 spiro atoms. The van der Waals surface area contributed by atoms with Crippen LogP contribution in [0.1, 0.15) is 11.5 Å². The third-order valence-electron chi connectivity index (χ3n) is 4.80. The first-order chi connectivity index (χ1) is 14.0. The lowest BCUT2D eigenvalue weighted by Crippen LogP contribution is -2.46. The highest BCUT2D eigenvalue weighted by Crippen LogP contribution is 2.27. The van der Waals surface area contributed by atoms with Crippen molar-refractivity contribution < 1.29 is 4.52 Å². The third-order valence-corrected chi connectivity index (χ3v) is 5.29. The molecule has 3 aromatic rings. The van der Waals surface area contributed by atoms with Gasteiger partial charge >= 0.3 is 0 Å². The molecule has 0 aliphatic carbocycles. The number of nitrogens with zero attached hydrogens (tertiary/aromatic N) is 4. The van der Waals surface area contributed by atoms with Gasteiger partial charge in [0, 0.05) is 54.5 Å². The van der Waals surface area contributed by atoms with Gasteiger partial charge in [-0.25, -0.2) is 0 Å². The van der Waals surface area contributed by atoms with Crippen LogP contribution in [-0.4, -0.2) is 41.8 Å². The molecule has 1 fully saturated rings. The zero-order chi connectivity index (χ0) is 20.8. The molecule has 1 aliphatic rings. The van der Waals surface area contributed by atoms with Gasteiger partial charge in [-0.1, -0.05) is 33.3 Å². The van der Waals surface area contributed by atoms with Gasteiger partial charge < -0.3 is 20.1 Å². The van der Waals surface area contributed by atoms with Crippen LogP contribution < -0.4 is 15.5 Å². The summed E-state index contributed by atoms with van der Waals surface area (Å²) >= 11 is 7.59. The predicted octanol–water partition coefficient (Wildman–Crippen LogP) is 4.34. The molecule has 0 bridgehead atoms. The second-order valence-corrected chi connectivity index (χ2v) is 7.91. The first-order valence-corrected chi connectivity index (χ1v) is 10.6. The van der Waals surface area contributed by atoms with Crippen molar-refractivity contribution in [2.24, 2.45) is 5.73 Å². The number of nitrogens with two attached hydrogens (primary N) is 1. The highest BCUT2D eigenvalue weighted by molar-refractivity contribution is 9.10. The normalized spacial score (nSPS) is 13.6. The quantitative estimate of drug-likeness (QED) is 0.566. The third kappa shape index (κ3) is 5.33. The Hall–Kier alpha value is -2.45. The molecule has 0 unspecified atom stereocenters. The summed E-state index contributed by atoms with van der Waals surface area (Å²) in [7, 11) is 0. The van der Waals surface area contributed by atoms with E-state index < -0.39 is 0 Å². The van der Waals surface area contributed by atoms with E-state index in [0.717, 1.165) is 41.7 Å². The number of rotatable bonds is 3. The molecular formula is C21H24BrN5OS. The molecule has 1 aromatic heterocycles. The molecule has 2 heterocycles. The van der Waals surface area contributed by atoms with Crippen LogP contribution >= 0.6 is 28.1 Å². The largest absolute Gasteiger partial charge is 0.396 e. The Labute approximate surface area is 184 Å². The van der Waals surface area contributed by atoms with Gasteiger partial charge in [0.1, 0.15) is 0 Å². The van der Waals surface area contributed by atoms with Crippen molar-refractivity contribution in [3.05, 3.63) is 58.4 Å². The van der Waals surface area contributed by atoms with Crippen molar-refractivity contribution in [1.29, 1.82) is 0 Å². The van der Waals surface area contributed by atoms with Crippen molar-refractivity contribution >= 4 is 45.0 Å². The molecule has 8 heteroatoms. The molecule has 0 atom stereocenters. The summed E-state index contributed by atoms with van der Waals surface area (Å²) in [5.41, 5.74) is 10.5. The van der Waals surface area contributed by atoms with Gasteiger partial charge in [0.2, 0.25) is 11.7 Å². The number of aromatic nitrogens is 2. The zero-order valence-electron chi connectivity index (χ0n) is 16.5. The summed E-state index contributed by atoms with van der Waals surface area (Å²) in [4.78, 5) is 9.17. The monoisotopic (exact) mass is 473 g/mol. The molecule has 2 N–H and O–H groups in total. The van der Waals surface area contributed by atoms with Crippen LogP contribution in [-0.2, 0) is 0 Å². The minimum Gasteiger partial charge on any atom is -0.396 e. The SMILES string of the molecule is Cc1nc(-c2ccc(N3CCN(c4ccc(Br)cc4C)CC3)cc2)no1.NC=S. The molecule has 152 valence electrons. The van der Waals surface area contributed by atoms with Gasteiger partial charge in [0.05, 0.1) is 5.49 Å². The van der Waals surface area contributed by atoms with Crippen LogP contribution in [0.2, 0.25) is 0 Å². The minimum atomic E-state index is 0.587. The number of piperazine rings is 1. The first-order valence-electron chi connectivity index (χ1n) is 9.34. The molecule has 0 saturated carbocycles. The number of halogens is 1. The maximum atomic E-state index is 5.06. The zero-order valence-corrected chi connectivity index (χ0v) is 18.9. The molecule has 1 aliphatic heterocycles. The Morgan fingerprint density at radius 3 is 2.21 bits per heavy atom. The summed E-state index contributed by atoms with van der Waals surface area (Å²) < 4.78 is 6.19. The van der Waals surface area contributed by atoms with Crippen LogP contribution in [0.25, 0.3) is 11.4 Å². The first kappa shape index (κ1) is 21.3. The van der Waals surface area contributed by atoms with E-state index in [1.165, 1.54) is 16.9 Å². The Kier molecular flexibility index (Phi) is 7.22. The molecule has 2 aromatic carbocycles. The van der Waals surface area contributed by atoms with Crippen molar-refractivity contribution in [3.63, 3.8) is 0 Å². The standard InChI is InChI=1S/C20H21BrN4O.CH3NS/c1-14-13-17(21)5-8-19(14)25-11-9-24(10-12-25)18-6-3-16(4-7-18)20-22-15(2)26-23-20;2-1-3/h3-8,13H,9-12H2,1-2H3;1H,(H2,2,3). The summed E-state index contributed by atoms with van der Waals surface area (Å²) in [6.45, 7) is 8.04. The van der Waals surface area contributed by atoms with E-state index >= 15 is 0 Å². The lowest BCUT2D eigenvalue weighted by molar-refractivity contribution is 0.394. The van der Waals surface area contributed by atoms with Crippen molar-refractivity contribution in [2.75, 3.05) is 36.0 Å². The smallest absolute Gasteiger partial charge is 0.223 e. The van der Waals surface area contributed by atoms with Gasteiger partial charge in [-0.05, 0) is 55.0 Å². The van der Waals surface area contributed by atoms with E-state index in [2.05, 4.69) is 103 Å². The fraction of sp³-hybridized carbons (Fsp3) is 0.286. The molecule has 1 saturated heterocycles. The fourth-order valence-corrected chi connectivity index (χ4v) is 3.89. The lowest BCUT2D eigenvalue weighted by atomic mass is 10.1. The Morgan fingerprint density at radius 1 is 1.03 bits per heavy atom. The van der Waals surface area contributed by atoms with E-state index in [9.17, 15) is 0 Å². The summed E-state index contributed by atoms with van der Waals surface area (Å²) in [5.74, 6) is 1.23. The second-order valence-electron chi connectivity index (χ2n) is 6.72. The van der Waals surface area contributed by atoms with E-state index in [0.29, 0.717) is 11.7 Å². The van der Waals surface area contributed by atoms with E-state index in [1.54, 1.807) is 6.92 Å². The maximum absolute atomic E-state index is 5.06. The number of anilines is 2. The van der Waals surface area contributed by atoms with Crippen molar-refractivity contribution in [2.45, 2.75) is 13.8 Å². The average Bonchev–Trinajstić information content (AvgIpc) is 3.15. The van der Waals surface area contributed by atoms with Crippen molar-refractivity contribution in [3.8, 4) is 11.4 Å². The highest BCUT2D eigenvalue weighted by atomic mass is 79.9. The molecule has 29 heavy (non-hydrogen) atoms. The van der Waals surface area contributed by atoms with E-state index in [1.807, 2.05) is 0 Å². The molecule has 4 rings (SSSR count). The number of thiocarbonyl (C=S) groups is 1. The number of aryl methyl sites for hydroxylation is 2. The number of hydrogen-bond acceptors (Lipinski definition) is 6. The summed E-state index contributed by atoms with van der Waals surface area (Å²) in [5, 5.41) is 3.98. The minimum absolute atomic E-state index is 0.587. The average molecular weight is 474 g/mol. The maximum Gasteiger partial charge on any atom is 0.223 e. The molecular weight excluding hydrogens is 450 g/mol. The fourth-order valence-electron chi connectivity index (χ4n) is 3.42. The summed E-state index contributed by atoms with van der Waals surface area (Å²) in [6.07, 6.45) is 0. The van der Waals surface area contributed by atoms with Gasteiger partial charge in [-0.15, -0.1) is 0 Å². The number of hydrogen-bond donors (Lipinski definition) is 1. The summed E-state index contributed by atoms with van der Waals surface area (Å²) in [6, 6.07) is 14.9. The Morgan fingerprint density at radius 2 is 1.66 bits per heavy atom. The Bertz CT molecular complexity index is 952. The topological polar surface area (TPSA) is 71.4 Å². The van der Waals surface area contributed by atoms with Gasteiger partial charge in [-0.3, -0.25) is 0 Å². The molecule has 0 amide bonds. The number of benzene rings is 2. The van der Waals surface area contributed by atoms with E-state index in [-0.39, 0.29) is 0 Å². The van der Waals surface area contributed by atoms with Crippen LogP contribution in [0.4, 0.5) is 11.4 Å². The van der Waals surface area contributed by atoms with Gasteiger partial charge in [0.15, 0.2) is 0 Å². The molecule has 6 nitrogen and oxygen atoms in total.